The number of methoxy groups -OCH3 is 1. The Balaban J connectivity index is 1.72. The molecule has 0 bridgehead atoms. The Morgan fingerprint density at radius 1 is 1.27 bits per heavy atom. The molecule has 7 nitrogen and oxygen atoms in total. The van der Waals surface area contributed by atoms with Crippen LogP contribution in [0, 0.1) is 11.3 Å². The molecule has 1 heterocycles. The van der Waals surface area contributed by atoms with Gasteiger partial charge in [0, 0.05) is 17.3 Å². The highest BCUT2D eigenvalue weighted by Gasteiger charge is 2.18. The third kappa shape index (κ3) is 4.93. The third-order valence-electron chi connectivity index (χ3n) is 4.23. The Labute approximate surface area is 184 Å². The summed E-state index contributed by atoms with van der Waals surface area (Å²) in [5, 5.41) is 21.3. The zero-order valence-corrected chi connectivity index (χ0v) is 18.3. The summed E-state index contributed by atoms with van der Waals surface area (Å²) in [6.45, 7) is 4.08. The summed E-state index contributed by atoms with van der Waals surface area (Å²) in [7, 11) is 1.62. The third-order valence-corrected chi connectivity index (χ3v) is 5.49. The van der Waals surface area contributed by atoms with Gasteiger partial charge in [-0.1, -0.05) is 23.4 Å². The lowest BCUT2D eigenvalue weighted by atomic mass is 10.2. The van der Waals surface area contributed by atoms with Crippen molar-refractivity contribution in [3.05, 3.63) is 53.1 Å². The van der Waals surface area contributed by atoms with Gasteiger partial charge in [0.25, 0.3) is 0 Å². The molecule has 1 amide bonds. The van der Waals surface area contributed by atoms with Crippen LogP contribution in [0.3, 0.4) is 0 Å². The number of halogens is 1. The van der Waals surface area contributed by atoms with Crippen LogP contribution in [0.5, 0.6) is 5.75 Å². The number of carbonyl (C=O) groups excluding carboxylic acids is 1. The maximum absolute atomic E-state index is 12.4. The van der Waals surface area contributed by atoms with E-state index in [0.717, 1.165) is 17.1 Å². The zero-order valence-electron chi connectivity index (χ0n) is 16.7. The van der Waals surface area contributed by atoms with Crippen LogP contribution in [-0.4, -0.2) is 33.5 Å². The van der Waals surface area contributed by atoms with E-state index in [-0.39, 0.29) is 17.7 Å². The van der Waals surface area contributed by atoms with E-state index < -0.39 is 0 Å². The van der Waals surface area contributed by atoms with E-state index in [2.05, 4.69) is 15.5 Å². The van der Waals surface area contributed by atoms with E-state index in [1.54, 1.807) is 25.3 Å². The van der Waals surface area contributed by atoms with Crippen LogP contribution in [0.2, 0.25) is 5.02 Å². The van der Waals surface area contributed by atoms with Crippen molar-refractivity contribution in [3.63, 3.8) is 0 Å². The van der Waals surface area contributed by atoms with Gasteiger partial charge in [0.05, 0.1) is 23.4 Å². The van der Waals surface area contributed by atoms with Crippen LogP contribution < -0.4 is 10.1 Å². The number of ether oxygens (including phenoxy) is 1. The van der Waals surface area contributed by atoms with Gasteiger partial charge in [0.15, 0.2) is 11.0 Å². The normalized spacial score (nSPS) is 10.7. The highest BCUT2D eigenvalue weighted by Crippen LogP contribution is 2.29. The van der Waals surface area contributed by atoms with E-state index in [1.807, 2.05) is 48.7 Å². The Morgan fingerprint density at radius 2 is 2.00 bits per heavy atom. The second-order valence-electron chi connectivity index (χ2n) is 6.64. The number of nitrogens with one attached hydrogen (secondary N) is 1. The second kappa shape index (κ2) is 9.65. The van der Waals surface area contributed by atoms with E-state index in [4.69, 9.17) is 21.6 Å². The molecule has 0 aliphatic heterocycles. The molecule has 154 valence electrons. The average molecular weight is 442 g/mol. The van der Waals surface area contributed by atoms with E-state index in [0.29, 0.717) is 21.4 Å². The molecule has 30 heavy (non-hydrogen) atoms. The van der Waals surface area contributed by atoms with Gasteiger partial charge in [-0.2, -0.15) is 5.26 Å². The molecule has 2 aromatic carbocycles. The summed E-state index contributed by atoms with van der Waals surface area (Å²) in [5.41, 5.74) is 1.81. The molecular weight excluding hydrogens is 422 g/mol. The fourth-order valence-electron chi connectivity index (χ4n) is 2.79. The first kappa shape index (κ1) is 21.7. The summed E-state index contributed by atoms with van der Waals surface area (Å²) < 4.78 is 7.20. The van der Waals surface area contributed by atoms with Gasteiger partial charge >= 0.3 is 0 Å². The Morgan fingerprint density at radius 3 is 2.60 bits per heavy atom. The standard InChI is InChI=1S/C21H20ClN5O2S/c1-13(2)27-20(14-5-8-17(29-3)9-6-14)25-26-21(27)30-12-19(28)24-16-7-4-15(11-23)18(22)10-16/h4-10,13H,12H2,1-3H3,(H,24,28). The van der Waals surface area contributed by atoms with Gasteiger partial charge in [0.1, 0.15) is 11.8 Å². The number of hydrogen-bond acceptors (Lipinski definition) is 6. The van der Waals surface area contributed by atoms with Crippen molar-refractivity contribution in [2.75, 3.05) is 18.2 Å². The van der Waals surface area contributed by atoms with Crippen molar-refractivity contribution in [3.8, 4) is 23.2 Å². The molecule has 1 N–H and O–H groups in total. The number of carbonyl (C=O) groups is 1. The molecule has 0 aliphatic carbocycles. The number of anilines is 1. The first-order chi connectivity index (χ1) is 14.4. The number of benzene rings is 2. The topological polar surface area (TPSA) is 92.8 Å². The van der Waals surface area contributed by atoms with Gasteiger partial charge in [-0.3, -0.25) is 9.36 Å². The lowest BCUT2D eigenvalue weighted by molar-refractivity contribution is -0.113. The summed E-state index contributed by atoms with van der Waals surface area (Å²) in [6.07, 6.45) is 0. The fourth-order valence-corrected chi connectivity index (χ4v) is 3.88. The maximum Gasteiger partial charge on any atom is 0.234 e. The molecule has 1 aromatic heterocycles. The molecule has 0 aliphatic rings. The molecule has 0 radical (unpaired) electrons. The molecule has 3 aromatic rings. The number of rotatable bonds is 7. The summed E-state index contributed by atoms with van der Waals surface area (Å²) in [4.78, 5) is 12.4. The quantitative estimate of drug-likeness (QED) is 0.530. The largest absolute Gasteiger partial charge is 0.497 e. The first-order valence-corrected chi connectivity index (χ1v) is 10.5. The fraction of sp³-hybridized carbons (Fsp3) is 0.238. The van der Waals surface area contributed by atoms with E-state index in [1.165, 1.54) is 11.8 Å². The van der Waals surface area contributed by atoms with Crippen LogP contribution in [0.15, 0.2) is 47.6 Å². The molecule has 0 unspecified atom stereocenters. The number of hydrogen-bond donors (Lipinski definition) is 1. The highest BCUT2D eigenvalue weighted by atomic mass is 35.5. The summed E-state index contributed by atoms with van der Waals surface area (Å²) in [5.74, 6) is 1.45. The van der Waals surface area contributed by atoms with Gasteiger partial charge in [-0.25, -0.2) is 0 Å². The lowest BCUT2D eigenvalue weighted by Crippen LogP contribution is -2.15. The van der Waals surface area contributed by atoms with Crippen LogP contribution in [0.1, 0.15) is 25.5 Å². The molecular formula is C21H20ClN5O2S. The van der Waals surface area contributed by atoms with E-state index >= 15 is 0 Å². The SMILES string of the molecule is COc1ccc(-c2nnc(SCC(=O)Nc3ccc(C#N)c(Cl)c3)n2C(C)C)cc1. The minimum Gasteiger partial charge on any atom is -0.497 e. The number of nitrogens with zero attached hydrogens (tertiary/aromatic N) is 4. The summed E-state index contributed by atoms with van der Waals surface area (Å²) in [6, 6.07) is 14.5. The molecule has 0 saturated carbocycles. The molecule has 0 saturated heterocycles. The molecule has 3 rings (SSSR count). The zero-order chi connectivity index (χ0) is 21.7. The van der Waals surface area contributed by atoms with Crippen molar-refractivity contribution in [2.24, 2.45) is 0 Å². The highest BCUT2D eigenvalue weighted by molar-refractivity contribution is 7.99. The van der Waals surface area contributed by atoms with Crippen LogP contribution >= 0.6 is 23.4 Å². The van der Waals surface area contributed by atoms with Crippen molar-refractivity contribution >= 4 is 35.0 Å². The number of amides is 1. The minimum atomic E-state index is -0.204. The molecule has 0 atom stereocenters. The first-order valence-electron chi connectivity index (χ1n) is 9.14. The predicted molar refractivity (Wildman–Crippen MR) is 118 cm³/mol. The van der Waals surface area contributed by atoms with E-state index in [9.17, 15) is 4.79 Å². The van der Waals surface area contributed by atoms with Crippen molar-refractivity contribution in [1.29, 1.82) is 5.26 Å². The van der Waals surface area contributed by atoms with Crippen molar-refractivity contribution < 1.29 is 9.53 Å². The van der Waals surface area contributed by atoms with Crippen LogP contribution in [0.25, 0.3) is 11.4 Å². The average Bonchev–Trinajstić information content (AvgIpc) is 3.17. The number of aromatic nitrogens is 3. The van der Waals surface area contributed by atoms with Crippen LogP contribution in [0.4, 0.5) is 5.69 Å². The predicted octanol–water partition coefficient (Wildman–Crippen LogP) is 4.79. The Bertz CT molecular complexity index is 1090. The monoisotopic (exact) mass is 441 g/mol. The molecule has 9 heteroatoms. The van der Waals surface area contributed by atoms with Gasteiger partial charge < -0.3 is 10.1 Å². The van der Waals surface area contributed by atoms with Crippen LogP contribution in [-0.2, 0) is 4.79 Å². The minimum absolute atomic E-state index is 0.111. The Hall–Kier alpha value is -3.02. The lowest BCUT2D eigenvalue weighted by Gasteiger charge is -2.14. The molecule has 0 spiro atoms. The second-order valence-corrected chi connectivity index (χ2v) is 7.99. The number of nitriles is 1. The number of thioether (sulfide) groups is 1. The summed E-state index contributed by atoms with van der Waals surface area (Å²) >= 11 is 7.32. The smallest absolute Gasteiger partial charge is 0.234 e. The van der Waals surface area contributed by atoms with Gasteiger partial charge in [0.2, 0.25) is 5.91 Å². The van der Waals surface area contributed by atoms with Gasteiger partial charge in [-0.15, -0.1) is 10.2 Å². The van der Waals surface area contributed by atoms with Crippen molar-refractivity contribution in [1.82, 2.24) is 14.8 Å². The maximum atomic E-state index is 12.4. The Kier molecular flexibility index (Phi) is 6.98. The van der Waals surface area contributed by atoms with Gasteiger partial charge in [-0.05, 0) is 56.3 Å². The molecule has 0 fully saturated rings. The van der Waals surface area contributed by atoms with Crippen molar-refractivity contribution in [2.45, 2.75) is 25.0 Å².